The van der Waals surface area contributed by atoms with Gasteiger partial charge < -0.3 is 19.5 Å². The molecular weight excluding hydrogens is 396 g/mol. The van der Waals surface area contributed by atoms with E-state index < -0.39 is 18.3 Å². The highest BCUT2D eigenvalue weighted by molar-refractivity contribution is 5.94. The van der Waals surface area contributed by atoms with Gasteiger partial charge in [0.15, 0.2) is 6.10 Å². The molecule has 2 aromatic rings. The van der Waals surface area contributed by atoms with Gasteiger partial charge in [0.2, 0.25) is 0 Å². The fraction of sp³-hybridized carbons (Fsp3) is 0.417. The molecular formula is C24H28N2O5. The molecule has 2 aliphatic heterocycles. The molecule has 0 spiro atoms. The Morgan fingerprint density at radius 3 is 2.32 bits per heavy atom. The molecule has 2 saturated heterocycles. The minimum absolute atomic E-state index is 0.176. The van der Waals surface area contributed by atoms with Gasteiger partial charge in [0.05, 0.1) is 19.3 Å². The molecule has 2 fully saturated rings. The van der Waals surface area contributed by atoms with Crippen molar-refractivity contribution in [3.63, 3.8) is 0 Å². The van der Waals surface area contributed by atoms with E-state index in [9.17, 15) is 9.59 Å². The first kappa shape index (κ1) is 21.3. The van der Waals surface area contributed by atoms with Gasteiger partial charge in [-0.1, -0.05) is 43.7 Å². The zero-order valence-electron chi connectivity index (χ0n) is 18.0. The number of hydrogen-bond acceptors (Lipinski definition) is 5. The number of carbonyl (C=O) groups excluding carboxylic acids is 2. The first-order valence-corrected chi connectivity index (χ1v) is 10.6. The minimum Gasteiger partial charge on any atom is -0.441 e. The molecule has 7 heteroatoms. The van der Waals surface area contributed by atoms with E-state index in [-0.39, 0.29) is 24.7 Å². The Kier molecular flexibility index (Phi) is 6.25. The van der Waals surface area contributed by atoms with Crippen molar-refractivity contribution >= 4 is 17.7 Å². The molecule has 0 bridgehead atoms. The Morgan fingerprint density at radius 1 is 0.968 bits per heavy atom. The van der Waals surface area contributed by atoms with Crippen LogP contribution in [-0.2, 0) is 14.2 Å². The molecule has 2 N–H and O–H groups in total. The average Bonchev–Trinajstić information content (AvgIpc) is 3.32. The number of rotatable bonds is 5. The van der Waals surface area contributed by atoms with E-state index in [0.717, 1.165) is 5.56 Å². The lowest BCUT2D eigenvalue weighted by Crippen LogP contribution is -2.44. The Balaban J connectivity index is 1.30. The molecule has 2 amide bonds. The molecule has 4 rings (SSSR count). The Bertz CT molecular complexity index is 926. The van der Waals surface area contributed by atoms with Crippen LogP contribution in [0.25, 0.3) is 0 Å². The fourth-order valence-electron chi connectivity index (χ4n) is 3.88. The molecule has 4 atom stereocenters. The van der Waals surface area contributed by atoms with Crippen LogP contribution in [-0.4, -0.2) is 49.6 Å². The highest BCUT2D eigenvalue weighted by atomic mass is 16.6. The summed E-state index contributed by atoms with van der Waals surface area (Å²) in [5, 5.41) is 5.71. The van der Waals surface area contributed by atoms with Gasteiger partial charge in [-0.05, 0) is 42.7 Å². The second-order valence-corrected chi connectivity index (χ2v) is 8.39. The van der Waals surface area contributed by atoms with Crippen LogP contribution >= 0.6 is 0 Å². The van der Waals surface area contributed by atoms with Crippen molar-refractivity contribution in [3.8, 4) is 0 Å². The number of fused-ring (bicyclic) bond motifs is 1. The molecule has 0 aromatic heterocycles. The van der Waals surface area contributed by atoms with Gasteiger partial charge in [-0.3, -0.25) is 10.1 Å². The molecule has 2 aliphatic rings. The van der Waals surface area contributed by atoms with E-state index in [1.165, 1.54) is 5.56 Å². The third-order valence-corrected chi connectivity index (χ3v) is 5.72. The largest absolute Gasteiger partial charge is 0.441 e. The maximum atomic E-state index is 12.5. The minimum atomic E-state index is -0.553. The van der Waals surface area contributed by atoms with Crippen LogP contribution in [0.15, 0.2) is 48.5 Å². The summed E-state index contributed by atoms with van der Waals surface area (Å²) in [4.78, 5) is 24.8. The lowest BCUT2D eigenvalue weighted by atomic mass is 10.0. The number of aryl methyl sites for hydroxylation is 1. The molecule has 0 unspecified atom stereocenters. The second kappa shape index (κ2) is 9.08. The van der Waals surface area contributed by atoms with Crippen LogP contribution in [0, 0.1) is 6.92 Å². The van der Waals surface area contributed by atoms with Crippen molar-refractivity contribution < 1.29 is 23.8 Å². The molecule has 2 aromatic carbocycles. The van der Waals surface area contributed by atoms with E-state index in [4.69, 9.17) is 14.2 Å². The maximum absolute atomic E-state index is 12.5. The number of nitrogens with one attached hydrogen (secondary N) is 2. The van der Waals surface area contributed by atoms with E-state index in [1.54, 1.807) is 12.1 Å². The van der Waals surface area contributed by atoms with Crippen molar-refractivity contribution in [1.29, 1.82) is 0 Å². The standard InChI is InChI=1S/C24H28N2O5/c1-14(2)16-8-10-18(11-9-16)25-24(28)31-20-13-30-21-19(12-29-22(20)21)26-23(27)17-6-4-15(3)5-7-17/h4-11,14,19-22H,12-13H2,1-3H3,(H,25,28)(H,26,27)/t19-,20-,21-,22+/m1/s1. The highest BCUT2D eigenvalue weighted by Crippen LogP contribution is 2.29. The van der Waals surface area contributed by atoms with Crippen molar-refractivity contribution in [2.24, 2.45) is 0 Å². The summed E-state index contributed by atoms with van der Waals surface area (Å²) in [6.45, 7) is 6.74. The van der Waals surface area contributed by atoms with Crippen LogP contribution in [0.5, 0.6) is 0 Å². The SMILES string of the molecule is Cc1ccc(C(=O)N[C@@H]2CO[C@@H]3[C@@H]2OC[C@H]3OC(=O)Nc2ccc(C(C)C)cc2)cc1. The topological polar surface area (TPSA) is 85.9 Å². The zero-order chi connectivity index (χ0) is 22.0. The van der Waals surface area contributed by atoms with Gasteiger partial charge in [-0.15, -0.1) is 0 Å². The van der Waals surface area contributed by atoms with Crippen molar-refractivity contribution in [2.45, 2.75) is 51.0 Å². The lowest BCUT2D eigenvalue weighted by molar-refractivity contribution is 0.00862. The summed E-state index contributed by atoms with van der Waals surface area (Å²) < 4.78 is 17.2. The summed E-state index contributed by atoms with van der Waals surface area (Å²) in [6, 6.07) is 14.8. The summed E-state index contributed by atoms with van der Waals surface area (Å²) in [5.74, 6) is 0.248. The molecule has 0 radical (unpaired) electrons. The lowest BCUT2D eigenvalue weighted by Gasteiger charge is -2.18. The van der Waals surface area contributed by atoms with Crippen LogP contribution < -0.4 is 10.6 Å². The number of ether oxygens (including phenoxy) is 3. The molecule has 31 heavy (non-hydrogen) atoms. The van der Waals surface area contributed by atoms with Crippen molar-refractivity contribution in [1.82, 2.24) is 5.32 Å². The predicted molar refractivity (Wildman–Crippen MR) is 116 cm³/mol. The Hall–Kier alpha value is -2.90. The van der Waals surface area contributed by atoms with Crippen LogP contribution in [0.3, 0.4) is 0 Å². The molecule has 0 aliphatic carbocycles. The van der Waals surface area contributed by atoms with Crippen LogP contribution in [0.1, 0.15) is 41.3 Å². The fourth-order valence-corrected chi connectivity index (χ4v) is 3.88. The van der Waals surface area contributed by atoms with Crippen molar-refractivity contribution in [3.05, 3.63) is 65.2 Å². The van der Waals surface area contributed by atoms with Crippen molar-refractivity contribution in [2.75, 3.05) is 18.5 Å². The van der Waals surface area contributed by atoms with Crippen LogP contribution in [0.2, 0.25) is 0 Å². The van der Waals surface area contributed by atoms with E-state index in [1.807, 2.05) is 43.3 Å². The van der Waals surface area contributed by atoms with Gasteiger partial charge in [-0.2, -0.15) is 0 Å². The number of carbonyl (C=O) groups is 2. The average molecular weight is 424 g/mol. The summed E-state index contributed by atoms with van der Waals surface area (Å²) >= 11 is 0. The zero-order valence-corrected chi connectivity index (χ0v) is 18.0. The number of hydrogen-bond donors (Lipinski definition) is 2. The molecule has 7 nitrogen and oxygen atoms in total. The smallest absolute Gasteiger partial charge is 0.412 e. The predicted octanol–water partition coefficient (Wildman–Crippen LogP) is 3.63. The summed E-state index contributed by atoms with van der Waals surface area (Å²) in [5.41, 5.74) is 3.54. The van der Waals surface area contributed by atoms with E-state index in [2.05, 4.69) is 24.5 Å². The normalized spacial score (nSPS) is 24.6. The van der Waals surface area contributed by atoms with Gasteiger partial charge in [0.25, 0.3) is 5.91 Å². The number of anilines is 1. The van der Waals surface area contributed by atoms with Gasteiger partial charge in [-0.25, -0.2) is 4.79 Å². The molecule has 2 heterocycles. The highest BCUT2D eigenvalue weighted by Gasteiger charge is 2.50. The van der Waals surface area contributed by atoms with Gasteiger partial charge >= 0.3 is 6.09 Å². The number of benzene rings is 2. The summed E-state index contributed by atoms with van der Waals surface area (Å²) in [6.07, 6.45) is -1.83. The molecule has 164 valence electrons. The Morgan fingerprint density at radius 2 is 1.65 bits per heavy atom. The monoisotopic (exact) mass is 424 g/mol. The second-order valence-electron chi connectivity index (χ2n) is 8.39. The number of amides is 2. The third-order valence-electron chi connectivity index (χ3n) is 5.72. The van der Waals surface area contributed by atoms with Crippen LogP contribution in [0.4, 0.5) is 10.5 Å². The molecule has 0 saturated carbocycles. The first-order valence-electron chi connectivity index (χ1n) is 10.6. The van der Waals surface area contributed by atoms with E-state index >= 15 is 0 Å². The van der Waals surface area contributed by atoms with Gasteiger partial charge in [0, 0.05) is 11.3 Å². The van der Waals surface area contributed by atoms with E-state index in [0.29, 0.717) is 23.8 Å². The quantitative estimate of drug-likeness (QED) is 0.766. The summed E-state index contributed by atoms with van der Waals surface area (Å²) in [7, 11) is 0. The first-order chi connectivity index (χ1) is 14.9. The third kappa shape index (κ3) is 4.89. The maximum Gasteiger partial charge on any atom is 0.412 e. The Labute approximate surface area is 182 Å². The van der Waals surface area contributed by atoms with Gasteiger partial charge in [0.1, 0.15) is 12.2 Å².